The summed E-state index contributed by atoms with van der Waals surface area (Å²) in [5.41, 5.74) is 6.47. The van der Waals surface area contributed by atoms with Crippen molar-refractivity contribution in [3.63, 3.8) is 0 Å². The summed E-state index contributed by atoms with van der Waals surface area (Å²) in [6.07, 6.45) is 7.46. The Bertz CT molecular complexity index is 1590. The van der Waals surface area contributed by atoms with Crippen LogP contribution in [0.2, 0.25) is 0 Å². The molecule has 0 radical (unpaired) electrons. The van der Waals surface area contributed by atoms with Crippen molar-refractivity contribution >= 4 is 27.5 Å². The fraction of sp³-hybridized carbons (Fsp3) is 0.333. The van der Waals surface area contributed by atoms with Gasteiger partial charge in [0.1, 0.15) is 11.2 Å². The van der Waals surface area contributed by atoms with Crippen molar-refractivity contribution in [2.75, 3.05) is 0 Å². The number of rotatable bonds is 3. The number of aryl methyl sites for hydroxylation is 1. The quantitative estimate of drug-likeness (QED) is 0.360. The maximum Gasteiger partial charge on any atom is 0.141 e. The molecule has 1 aliphatic heterocycles. The van der Waals surface area contributed by atoms with E-state index in [2.05, 4.69) is 23.5 Å². The Morgan fingerprint density at radius 1 is 0.906 bits per heavy atom. The molecule has 0 amide bonds. The zero-order valence-electron chi connectivity index (χ0n) is 23.0. The highest BCUT2D eigenvalue weighted by Gasteiger charge is 2.34. The topological polar surface area (TPSA) is 25.2 Å². The highest BCUT2D eigenvalue weighted by atomic mass is 16.3. The van der Waals surface area contributed by atoms with Gasteiger partial charge in [-0.05, 0) is 90.3 Å². The molecule has 2 nitrogen and oxygen atoms in total. The van der Waals surface area contributed by atoms with E-state index in [0.29, 0.717) is 5.58 Å². The molecular weight excluding hydrogens is 390 g/mol. The highest BCUT2D eigenvalue weighted by Crippen LogP contribution is 2.48. The van der Waals surface area contributed by atoms with E-state index in [1.54, 1.807) is 12.1 Å². The van der Waals surface area contributed by atoms with E-state index >= 15 is 0 Å². The molecule has 0 saturated heterocycles. The van der Waals surface area contributed by atoms with Gasteiger partial charge in [0.2, 0.25) is 0 Å². The molecule has 0 bridgehead atoms. The molecule has 7 rings (SSSR count). The van der Waals surface area contributed by atoms with E-state index in [1.807, 2.05) is 30.5 Å². The van der Waals surface area contributed by atoms with Crippen molar-refractivity contribution in [3.8, 4) is 0 Å². The standard InChI is InChI=1S/C30H29NO/c1-18-14-25-22-8-4-5-9-28(22)32-30(25)26(15-18)29-23-13-12-21(19-6-2-3-7-19)16-24(23)27(17-31-29)20-10-11-20/h4-5,8-9,12-17,19-20,29,31H,2-3,6-7,10-11H2,1H3/i1D3,19D,20D. The predicted molar refractivity (Wildman–Crippen MR) is 132 cm³/mol. The molecule has 2 heteroatoms. The van der Waals surface area contributed by atoms with E-state index in [-0.39, 0.29) is 11.6 Å². The molecule has 2 heterocycles. The van der Waals surface area contributed by atoms with E-state index in [0.717, 1.165) is 82.7 Å². The monoisotopic (exact) mass is 424 g/mol. The average Bonchev–Trinajstić information content (AvgIpc) is 3.29. The van der Waals surface area contributed by atoms with Crippen LogP contribution in [-0.4, -0.2) is 0 Å². The first kappa shape index (κ1) is 14.2. The number of hydrogen-bond donors (Lipinski definition) is 1. The molecule has 1 N–H and O–H groups in total. The molecule has 2 aliphatic carbocycles. The number of allylic oxidation sites excluding steroid dienone is 1. The highest BCUT2D eigenvalue weighted by molar-refractivity contribution is 6.06. The number of para-hydroxylation sites is 1. The van der Waals surface area contributed by atoms with Crippen molar-refractivity contribution in [1.82, 2.24) is 5.32 Å². The Balaban J connectivity index is 1.46. The smallest absolute Gasteiger partial charge is 0.141 e. The first-order valence-electron chi connectivity index (χ1n) is 14.2. The Morgan fingerprint density at radius 2 is 1.78 bits per heavy atom. The number of hydrogen-bond acceptors (Lipinski definition) is 2. The maximum atomic E-state index is 9.10. The van der Waals surface area contributed by atoms with Crippen molar-refractivity contribution in [1.29, 1.82) is 0 Å². The van der Waals surface area contributed by atoms with E-state index in [9.17, 15) is 0 Å². The lowest BCUT2D eigenvalue weighted by Gasteiger charge is -2.29. The van der Waals surface area contributed by atoms with Crippen LogP contribution in [0.3, 0.4) is 0 Å². The second-order valence-corrected chi connectivity index (χ2v) is 9.41. The molecular formula is C30H29NO. The van der Waals surface area contributed by atoms with Gasteiger partial charge in [0.25, 0.3) is 0 Å². The number of fused-ring (bicyclic) bond motifs is 4. The minimum Gasteiger partial charge on any atom is -0.456 e. The third-order valence-electron chi connectivity index (χ3n) is 7.36. The summed E-state index contributed by atoms with van der Waals surface area (Å²) in [5.74, 6) is -1.18. The van der Waals surface area contributed by atoms with Crippen LogP contribution >= 0.6 is 0 Å². The van der Waals surface area contributed by atoms with E-state index in [1.165, 1.54) is 0 Å². The molecule has 1 aromatic heterocycles. The fourth-order valence-corrected chi connectivity index (χ4v) is 5.64. The van der Waals surface area contributed by atoms with Crippen LogP contribution < -0.4 is 5.32 Å². The second-order valence-electron chi connectivity index (χ2n) is 9.41. The van der Waals surface area contributed by atoms with Crippen LogP contribution in [0.15, 0.2) is 65.2 Å². The lowest BCUT2D eigenvalue weighted by Crippen LogP contribution is -2.24. The van der Waals surface area contributed by atoms with Gasteiger partial charge in [0.05, 0.1) is 6.04 Å². The number of furan rings is 1. The summed E-state index contributed by atoms with van der Waals surface area (Å²) in [6, 6.07) is 17.2. The number of nitrogens with one attached hydrogen (secondary N) is 1. The van der Waals surface area contributed by atoms with Gasteiger partial charge in [0.15, 0.2) is 0 Å². The van der Waals surface area contributed by atoms with Crippen LogP contribution in [0.25, 0.3) is 27.5 Å². The summed E-state index contributed by atoms with van der Waals surface area (Å²) < 4.78 is 48.8. The second kappa shape index (κ2) is 7.00. The molecule has 3 aromatic carbocycles. The first-order chi connectivity index (χ1) is 17.7. The van der Waals surface area contributed by atoms with Gasteiger partial charge in [0, 0.05) is 29.4 Å². The van der Waals surface area contributed by atoms with Gasteiger partial charge in [-0.1, -0.05) is 49.2 Å². The molecule has 4 aromatic rings. The summed E-state index contributed by atoms with van der Waals surface area (Å²) in [6.45, 7) is -2.26. The van der Waals surface area contributed by atoms with Crippen LogP contribution in [0.4, 0.5) is 0 Å². The average molecular weight is 425 g/mol. The largest absolute Gasteiger partial charge is 0.456 e. The maximum absolute atomic E-state index is 9.10. The summed E-state index contributed by atoms with van der Waals surface area (Å²) >= 11 is 0. The van der Waals surface area contributed by atoms with Crippen molar-refractivity contribution in [2.45, 2.75) is 57.3 Å². The zero-order valence-corrected chi connectivity index (χ0v) is 18.0. The summed E-state index contributed by atoms with van der Waals surface area (Å²) in [7, 11) is 0. The minimum atomic E-state index is -2.26. The Hall–Kier alpha value is -3.00. The molecule has 3 aliphatic rings. The molecule has 2 fully saturated rings. The minimum absolute atomic E-state index is 0.284. The number of benzene rings is 3. The third kappa shape index (κ3) is 2.85. The van der Waals surface area contributed by atoms with Crippen LogP contribution in [0, 0.1) is 12.7 Å². The molecule has 2 saturated carbocycles. The molecule has 0 spiro atoms. The van der Waals surface area contributed by atoms with Gasteiger partial charge >= 0.3 is 0 Å². The van der Waals surface area contributed by atoms with Crippen LogP contribution in [0.1, 0.15) is 85.1 Å². The Kier molecular flexibility index (Phi) is 3.11. The third-order valence-corrected chi connectivity index (χ3v) is 7.36. The van der Waals surface area contributed by atoms with Gasteiger partial charge in [-0.25, -0.2) is 0 Å². The van der Waals surface area contributed by atoms with Crippen LogP contribution in [0.5, 0.6) is 0 Å². The van der Waals surface area contributed by atoms with E-state index in [4.69, 9.17) is 11.3 Å². The van der Waals surface area contributed by atoms with Gasteiger partial charge < -0.3 is 9.73 Å². The molecule has 1 unspecified atom stereocenters. The fourth-order valence-electron chi connectivity index (χ4n) is 5.64. The SMILES string of the molecule is [2H]C1(C2=CNC(c3cc(C([2H])([2H])[2H])cc4c3oc3ccccc34)c3ccc(C4([2H])CCCC4)cc32)CC1. The summed E-state index contributed by atoms with van der Waals surface area (Å²) in [5, 5.41) is 5.22. The van der Waals surface area contributed by atoms with Gasteiger partial charge in [-0.3, -0.25) is 0 Å². The van der Waals surface area contributed by atoms with Crippen molar-refractivity contribution in [2.24, 2.45) is 5.89 Å². The van der Waals surface area contributed by atoms with E-state index < -0.39 is 18.6 Å². The van der Waals surface area contributed by atoms with Crippen LogP contribution in [-0.2, 0) is 0 Å². The van der Waals surface area contributed by atoms with Crippen molar-refractivity contribution in [3.05, 3.63) is 88.6 Å². The molecule has 32 heavy (non-hydrogen) atoms. The lowest BCUT2D eigenvalue weighted by molar-refractivity contribution is 0.641. The molecule has 160 valence electrons. The normalized spacial score (nSPS) is 25.7. The van der Waals surface area contributed by atoms with Gasteiger partial charge in [-0.2, -0.15) is 0 Å². The lowest BCUT2D eigenvalue weighted by atomic mass is 9.83. The predicted octanol–water partition coefficient (Wildman–Crippen LogP) is 8.00. The molecule has 1 atom stereocenters. The Labute approximate surface area is 196 Å². The van der Waals surface area contributed by atoms with Gasteiger partial charge in [-0.15, -0.1) is 0 Å². The zero-order chi connectivity index (χ0) is 25.6. The first-order valence-corrected chi connectivity index (χ1v) is 11.7. The Morgan fingerprint density at radius 3 is 2.62 bits per heavy atom. The summed E-state index contributed by atoms with van der Waals surface area (Å²) in [4.78, 5) is 0. The van der Waals surface area contributed by atoms with Crippen molar-refractivity contribution < 1.29 is 11.3 Å².